The third-order valence-corrected chi connectivity index (χ3v) is 5.42. The summed E-state index contributed by atoms with van der Waals surface area (Å²) in [5.74, 6) is -0.698. The van der Waals surface area contributed by atoms with Crippen LogP contribution in [0.4, 0.5) is 0 Å². The second-order valence-electron chi connectivity index (χ2n) is 8.35. The summed E-state index contributed by atoms with van der Waals surface area (Å²) in [6.45, 7) is 6.28. The lowest BCUT2D eigenvalue weighted by Gasteiger charge is -2.36. The van der Waals surface area contributed by atoms with Crippen molar-refractivity contribution in [3.05, 3.63) is 71.8 Å². The summed E-state index contributed by atoms with van der Waals surface area (Å²) >= 11 is 0. The van der Waals surface area contributed by atoms with Gasteiger partial charge >= 0.3 is 5.97 Å². The Balaban J connectivity index is 1.67. The maximum absolute atomic E-state index is 13.2. The molecular weight excluding hydrogens is 406 g/mol. The Hall–Kier alpha value is -2.99. The van der Waals surface area contributed by atoms with Crippen LogP contribution in [0.5, 0.6) is 0 Å². The van der Waals surface area contributed by atoms with Gasteiger partial charge in [0.2, 0.25) is 11.5 Å². The van der Waals surface area contributed by atoms with Gasteiger partial charge in [0.15, 0.2) is 6.10 Å². The summed E-state index contributed by atoms with van der Waals surface area (Å²) in [7, 11) is 0. The maximum Gasteiger partial charge on any atom is 0.303 e. The molecule has 2 aromatic carbocycles. The minimum absolute atomic E-state index is 0.123. The standard InChI is InChI=1S/C26H31NO5/c1-19(2)23(31-20(3)28)26(16-10-11-17-30-18-21-12-6-4-7-13-21)25(29)27-24(32-26)22-14-8-5-9-15-22/h4-9,12-15,19,23H,10-11,16-18H2,1-3H3/t23-,26+/m0/s1. The number of benzene rings is 2. The smallest absolute Gasteiger partial charge is 0.303 e. The van der Waals surface area contributed by atoms with E-state index in [1.165, 1.54) is 6.92 Å². The summed E-state index contributed by atoms with van der Waals surface area (Å²) in [4.78, 5) is 29.2. The first-order chi connectivity index (χ1) is 15.4. The number of amides is 1. The molecule has 6 nitrogen and oxygen atoms in total. The Bertz CT molecular complexity index is 926. The molecule has 0 saturated heterocycles. The first kappa shape index (κ1) is 23.7. The summed E-state index contributed by atoms with van der Waals surface area (Å²) < 4.78 is 17.6. The molecular formula is C26H31NO5. The van der Waals surface area contributed by atoms with Gasteiger partial charge in [-0.3, -0.25) is 9.59 Å². The zero-order valence-corrected chi connectivity index (χ0v) is 19.0. The minimum atomic E-state index is -1.33. The Morgan fingerprint density at radius 2 is 1.69 bits per heavy atom. The third kappa shape index (κ3) is 5.82. The molecule has 6 heteroatoms. The van der Waals surface area contributed by atoms with Crippen LogP contribution in [0.15, 0.2) is 65.7 Å². The SMILES string of the molecule is CC(=O)O[C@@H](C(C)C)[C@@]1(CCCCOCc2ccccc2)OC(c2ccccc2)=NC1=O. The Labute approximate surface area is 189 Å². The normalized spacial score (nSPS) is 18.9. The number of ether oxygens (including phenoxy) is 3. The van der Waals surface area contributed by atoms with Crippen LogP contribution in [-0.2, 0) is 30.4 Å². The lowest BCUT2D eigenvalue weighted by Crippen LogP contribution is -2.53. The van der Waals surface area contributed by atoms with E-state index >= 15 is 0 Å². The van der Waals surface area contributed by atoms with Gasteiger partial charge in [-0.05, 0) is 36.5 Å². The molecule has 1 aliphatic heterocycles. The van der Waals surface area contributed by atoms with E-state index in [0.717, 1.165) is 17.5 Å². The fraction of sp³-hybridized carbons (Fsp3) is 0.423. The van der Waals surface area contributed by atoms with E-state index in [2.05, 4.69) is 4.99 Å². The number of unbranched alkanes of at least 4 members (excludes halogenated alkanes) is 1. The molecule has 0 bridgehead atoms. The Morgan fingerprint density at radius 3 is 2.31 bits per heavy atom. The van der Waals surface area contributed by atoms with Gasteiger partial charge in [-0.2, -0.15) is 4.99 Å². The van der Waals surface area contributed by atoms with Crippen LogP contribution >= 0.6 is 0 Å². The highest BCUT2D eigenvalue weighted by Gasteiger charge is 2.55. The second kappa shape index (κ2) is 11.0. The largest absolute Gasteiger partial charge is 0.457 e. The number of carbonyl (C=O) groups excluding carboxylic acids is 2. The number of carbonyl (C=O) groups is 2. The van der Waals surface area contributed by atoms with Gasteiger partial charge in [0.1, 0.15) is 0 Å². The van der Waals surface area contributed by atoms with Crippen LogP contribution in [0.3, 0.4) is 0 Å². The predicted octanol–water partition coefficient (Wildman–Crippen LogP) is 4.70. The number of rotatable bonds is 11. The zero-order chi connectivity index (χ0) is 23.0. The maximum atomic E-state index is 13.2. The lowest BCUT2D eigenvalue weighted by molar-refractivity contribution is -0.170. The fourth-order valence-corrected chi connectivity index (χ4v) is 3.91. The molecule has 1 amide bonds. The van der Waals surface area contributed by atoms with Crippen molar-refractivity contribution < 1.29 is 23.8 Å². The first-order valence-electron chi connectivity index (χ1n) is 11.1. The molecule has 1 heterocycles. The van der Waals surface area contributed by atoms with E-state index in [1.807, 2.05) is 74.5 Å². The summed E-state index contributed by atoms with van der Waals surface area (Å²) in [5.41, 5.74) is 0.512. The lowest BCUT2D eigenvalue weighted by atomic mass is 9.83. The van der Waals surface area contributed by atoms with Crippen molar-refractivity contribution in [3.8, 4) is 0 Å². The topological polar surface area (TPSA) is 74.2 Å². The van der Waals surface area contributed by atoms with E-state index in [1.54, 1.807) is 0 Å². The summed E-state index contributed by atoms with van der Waals surface area (Å²) in [5, 5.41) is 0. The Morgan fingerprint density at radius 1 is 1.03 bits per heavy atom. The molecule has 2 atom stereocenters. The van der Waals surface area contributed by atoms with Crippen molar-refractivity contribution in [1.29, 1.82) is 0 Å². The summed E-state index contributed by atoms with van der Waals surface area (Å²) in [6, 6.07) is 19.3. The van der Waals surface area contributed by atoms with Crippen LogP contribution in [0.1, 0.15) is 51.2 Å². The molecule has 0 radical (unpaired) electrons. The van der Waals surface area contributed by atoms with Gasteiger partial charge < -0.3 is 14.2 Å². The molecule has 2 aromatic rings. The number of nitrogens with zero attached hydrogens (tertiary/aromatic N) is 1. The molecule has 0 N–H and O–H groups in total. The van der Waals surface area contributed by atoms with Crippen molar-refractivity contribution in [2.75, 3.05) is 6.61 Å². The fourth-order valence-electron chi connectivity index (χ4n) is 3.91. The van der Waals surface area contributed by atoms with Crippen molar-refractivity contribution >= 4 is 17.8 Å². The minimum Gasteiger partial charge on any atom is -0.457 e. The highest BCUT2D eigenvalue weighted by Crippen LogP contribution is 2.37. The van der Waals surface area contributed by atoms with Gasteiger partial charge in [-0.1, -0.05) is 62.4 Å². The van der Waals surface area contributed by atoms with E-state index in [0.29, 0.717) is 26.1 Å². The van der Waals surface area contributed by atoms with E-state index in [-0.39, 0.29) is 11.8 Å². The monoisotopic (exact) mass is 437 g/mol. The molecule has 170 valence electrons. The molecule has 0 saturated carbocycles. The van der Waals surface area contributed by atoms with Gasteiger partial charge in [-0.25, -0.2) is 0 Å². The number of aliphatic imine (C=N–C) groups is 1. The van der Waals surface area contributed by atoms with Gasteiger partial charge in [0.05, 0.1) is 6.61 Å². The van der Waals surface area contributed by atoms with Crippen LogP contribution in [0.2, 0.25) is 0 Å². The number of hydrogen-bond acceptors (Lipinski definition) is 5. The second-order valence-corrected chi connectivity index (χ2v) is 8.35. The molecule has 0 aliphatic carbocycles. The molecule has 0 unspecified atom stereocenters. The van der Waals surface area contributed by atoms with Crippen molar-refractivity contribution in [3.63, 3.8) is 0 Å². The molecule has 0 aromatic heterocycles. The zero-order valence-electron chi connectivity index (χ0n) is 19.0. The molecule has 0 spiro atoms. The van der Waals surface area contributed by atoms with Crippen LogP contribution < -0.4 is 0 Å². The van der Waals surface area contributed by atoms with Gasteiger partial charge in [0, 0.05) is 25.5 Å². The number of hydrogen-bond donors (Lipinski definition) is 0. The van der Waals surface area contributed by atoms with Crippen LogP contribution in [0.25, 0.3) is 0 Å². The summed E-state index contributed by atoms with van der Waals surface area (Å²) in [6.07, 6.45) is 1.07. The van der Waals surface area contributed by atoms with Crippen LogP contribution in [-0.4, -0.2) is 36.1 Å². The van der Waals surface area contributed by atoms with E-state index in [9.17, 15) is 9.59 Å². The molecule has 0 fully saturated rings. The average molecular weight is 438 g/mol. The highest BCUT2D eigenvalue weighted by molar-refractivity contribution is 6.09. The quantitative estimate of drug-likeness (QED) is 0.376. The first-order valence-corrected chi connectivity index (χ1v) is 11.1. The Kier molecular flexibility index (Phi) is 8.17. The van der Waals surface area contributed by atoms with Crippen molar-refractivity contribution in [1.82, 2.24) is 0 Å². The van der Waals surface area contributed by atoms with Crippen molar-refractivity contribution in [2.24, 2.45) is 10.9 Å². The van der Waals surface area contributed by atoms with E-state index in [4.69, 9.17) is 14.2 Å². The molecule has 32 heavy (non-hydrogen) atoms. The van der Waals surface area contributed by atoms with Gasteiger partial charge in [-0.15, -0.1) is 0 Å². The molecule has 3 rings (SSSR count). The van der Waals surface area contributed by atoms with Crippen molar-refractivity contribution in [2.45, 2.75) is 58.3 Å². The predicted molar refractivity (Wildman–Crippen MR) is 122 cm³/mol. The van der Waals surface area contributed by atoms with Gasteiger partial charge in [0.25, 0.3) is 5.91 Å². The average Bonchev–Trinajstić information content (AvgIpc) is 3.12. The van der Waals surface area contributed by atoms with Crippen LogP contribution in [0, 0.1) is 5.92 Å². The van der Waals surface area contributed by atoms with E-state index < -0.39 is 23.6 Å². The molecule has 1 aliphatic rings. The number of esters is 1. The highest BCUT2D eigenvalue weighted by atomic mass is 16.6. The third-order valence-electron chi connectivity index (χ3n) is 5.42.